The molecule has 2 aromatic carbocycles. The molecule has 7 nitrogen and oxygen atoms in total. The van der Waals surface area contributed by atoms with Crippen LogP contribution >= 0.6 is 0 Å². The summed E-state index contributed by atoms with van der Waals surface area (Å²) in [6, 6.07) is 11.9. The Morgan fingerprint density at radius 3 is 1.36 bits per heavy atom. The molecule has 0 saturated heterocycles. The van der Waals surface area contributed by atoms with Crippen LogP contribution in [0.15, 0.2) is 58.3 Å². The highest BCUT2D eigenvalue weighted by Crippen LogP contribution is 2.18. The Balaban J connectivity index is 2.03. The molecule has 1 unspecified atom stereocenters. The van der Waals surface area contributed by atoms with Gasteiger partial charge in [-0.2, -0.15) is 16.8 Å². The molecular weight excluding hydrogens is 402 g/mol. The van der Waals surface area contributed by atoms with Crippen LogP contribution in [0.3, 0.4) is 0 Å². The summed E-state index contributed by atoms with van der Waals surface area (Å²) in [7, 11) is -7.95. The fraction of sp³-hybridized carbons (Fsp3) is 0.368. The maximum absolute atomic E-state index is 12.3. The summed E-state index contributed by atoms with van der Waals surface area (Å²) in [5, 5.41) is 0. The quantitative estimate of drug-likeness (QED) is 0.611. The second-order valence-electron chi connectivity index (χ2n) is 6.72. The van der Waals surface area contributed by atoms with E-state index in [2.05, 4.69) is 0 Å². The van der Waals surface area contributed by atoms with Gasteiger partial charge in [-0.05, 0) is 45.0 Å². The van der Waals surface area contributed by atoms with Crippen LogP contribution in [0.5, 0.6) is 0 Å². The molecule has 0 fully saturated rings. The van der Waals surface area contributed by atoms with Crippen molar-refractivity contribution in [2.45, 2.75) is 36.6 Å². The van der Waals surface area contributed by atoms with Crippen molar-refractivity contribution >= 4 is 20.2 Å². The van der Waals surface area contributed by atoms with E-state index >= 15 is 0 Å². The fourth-order valence-corrected chi connectivity index (χ4v) is 4.17. The molecule has 28 heavy (non-hydrogen) atoms. The molecule has 154 valence electrons. The SMILES string of the molecule is Cc1ccc(S(=O)(=O)OCC(COS(=O)(=O)c2ccc(C)cc2)C(C)N)cc1. The molecule has 0 heterocycles. The molecule has 0 aromatic heterocycles. The first-order valence-electron chi connectivity index (χ1n) is 8.69. The minimum absolute atomic E-state index is 0.0229. The third kappa shape index (κ3) is 6.11. The van der Waals surface area contributed by atoms with Gasteiger partial charge in [-0.15, -0.1) is 0 Å². The van der Waals surface area contributed by atoms with Gasteiger partial charge in [-0.1, -0.05) is 35.4 Å². The van der Waals surface area contributed by atoms with Crippen LogP contribution in [0.4, 0.5) is 0 Å². The van der Waals surface area contributed by atoms with Crippen LogP contribution in [0.1, 0.15) is 18.1 Å². The lowest BCUT2D eigenvalue weighted by atomic mass is 10.1. The van der Waals surface area contributed by atoms with Crippen molar-refractivity contribution in [1.82, 2.24) is 0 Å². The minimum atomic E-state index is -3.98. The lowest BCUT2D eigenvalue weighted by Crippen LogP contribution is -2.35. The standard InChI is InChI=1S/C19H25NO6S2/c1-14-4-8-18(9-5-14)27(21,22)25-12-17(16(3)20)13-26-28(23,24)19-10-6-15(2)7-11-19/h4-11,16-17H,12-13,20H2,1-3H3. The fourth-order valence-electron chi connectivity index (χ4n) is 2.25. The highest BCUT2D eigenvalue weighted by atomic mass is 32.2. The van der Waals surface area contributed by atoms with Gasteiger partial charge in [0.2, 0.25) is 0 Å². The van der Waals surface area contributed by atoms with E-state index in [4.69, 9.17) is 14.1 Å². The molecule has 0 aliphatic carbocycles. The van der Waals surface area contributed by atoms with Crippen LogP contribution in [-0.2, 0) is 28.6 Å². The number of aryl methyl sites for hydroxylation is 2. The lowest BCUT2D eigenvalue weighted by molar-refractivity contribution is 0.168. The van der Waals surface area contributed by atoms with E-state index in [-0.39, 0.29) is 23.0 Å². The smallest absolute Gasteiger partial charge is 0.296 e. The average Bonchev–Trinajstić information content (AvgIpc) is 2.62. The molecule has 0 bridgehead atoms. The molecule has 9 heteroatoms. The zero-order valence-electron chi connectivity index (χ0n) is 16.0. The predicted molar refractivity (Wildman–Crippen MR) is 106 cm³/mol. The Kier molecular flexibility index (Phi) is 7.35. The second-order valence-corrected chi connectivity index (χ2v) is 9.95. The molecule has 2 rings (SSSR count). The van der Waals surface area contributed by atoms with Gasteiger partial charge >= 0.3 is 0 Å². The van der Waals surface area contributed by atoms with E-state index in [0.717, 1.165) is 11.1 Å². The zero-order valence-corrected chi connectivity index (χ0v) is 17.7. The molecule has 0 aliphatic rings. The molecule has 0 radical (unpaired) electrons. The van der Waals surface area contributed by atoms with Gasteiger partial charge in [0.15, 0.2) is 0 Å². The Hall–Kier alpha value is -1.78. The molecule has 0 amide bonds. The van der Waals surface area contributed by atoms with Gasteiger partial charge in [-0.3, -0.25) is 8.37 Å². The van der Waals surface area contributed by atoms with Crippen LogP contribution in [-0.4, -0.2) is 36.1 Å². The van der Waals surface area contributed by atoms with Crippen molar-refractivity contribution in [3.8, 4) is 0 Å². The Labute approximate surface area is 166 Å². The maximum Gasteiger partial charge on any atom is 0.296 e. The summed E-state index contributed by atoms with van der Waals surface area (Å²) in [4.78, 5) is 0.0458. The van der Waals surface area contributed by atoms with Crippen molar-refractivity contribution in [2.75, 3.05) is 13.2 Å². The topological polar surface area (TPSA) is 113 Å². The second kappa shape index (κ2) is 9.15. The average molecular weight is 428 g/mol. The summed E-state index contributed by atoms with van der Waals surface area (Å²) in [5.41, 5.74) is 7.70. The van der Waals surface area contributed by atoms with Crippen molar-refractivity contribution in [1.29, 1.82) is 0 Å². The highest BCUT2D eigenvalue weighted by Gasteiger charge is 2.24. The summed E-state index contributed by atoms with van der Waals surface area (Å²) >= 11 is 0. The van der Waals surface area contributed by atoms with E-state index in [9.17, 15) is 16.8 Å². The zero-order chi connectivity index (χ0) is 20.9. The van der Waals surface area contributed by atoms with Crippen LogP contribution in [0, 0.1) is 19.8 Å². The molecule has 0 saturated carbocycles. The number of rotatable bonds is 9. The first kappa shape index (κ1) is 22.5. The summed E-state index contributed by atoms with van der Waals surface area (Å²) in [6.45, 7) is 4.73. The Bertz CT molecular complexity index is 902. The van der Waals surface area contributed by atoms with E-state index in [1.54, 1.807) is 31.2 Å². The molecule has 1 atom stereocenters. The van der Waals surface area contributed by atoms with Gasteiger partial charge in [0.1, 0.15) is 0 Å². The van der Waals surface area contributed by atoms with Crippen LogP contribution < -0.4 is 5.73 Å². The van der Waals surface area contributed by atoms with Gasteiger partial charge < -0.3 is 5.73 Å². The van der Waals surface area contributed by atoms with Gasteiger partial charge in [0.05, 0.1) is 23.0 Å². The summed E-state index contributed by atoms with van der Waals surface area (Å²) in [5.74, 6) is -0.638. The van der Waals surface area contributed by atoms with Crippen molar-refractivity contribution < 1.29 is 25.2 Å². The highest BCUT2D eigenvalue weighted by molar-refractivity contribution is 7.87. The molecule has 0 spiro atoms. The van der Waals surface area contributed by atoms with Gasteiger partial charge in [-0.25, -0.2) is 0 Å². The lowest BCUT2D eigenvalue weighted by Gasteiger charge is -2.20. The first-order valence-corrected chi connectivity index (χ1v) is 11.5. The third-order valence-corrected chi connectivity index (χ3v) is 6.83. The van der Waals surface area contributed by atoms with Gasteiger partial charge in [0, 0.05) is 12.0 Å². The monoisotopic (exact) mass is 427 g/mol. The molecular formula is C19H25NO6S2. The van der Waals surface area contributed by atoms with E-state index in [0.29, 0.717) is 0 Å². The normalized spacial score (nSPS) is 13.6. The van der Waals surface area contributed by atoms with Crippen LogP contribution in [0.25, 0.3) is 0 Å². The molecule has 0 aliphatic heterocycles. The van der Waals surface area contributed by atoms with Gasteiger partial charge in [0.25, 0.3) is 20.2 Å². The number of benzene rings is 2. The number of hydrogen-bond acceptors (Lipinski definition) is 7. The minimum Gasteiger partial charge on any atom is -0.328 e. The van der Waals surface area contributed by atoms with Crippen molar-refractivity contribution in [2.24, 2.45) is 11.7 Å². The van der Waals surface area contributed by atoms with E-state index in [1.165, 1.54) is 24.3 Å². The third-order valence-electron chi connectivity index (χ3n) is 4.24. The Morgan fingerprint density at radius 2 is 1.07 bits per heavy atom. The Morgan fingerprint density at radius 1 is 0.750 bits per heavy atom. The summed E-state index contributed by atoms with van der Waals surface area (Å²) < 4.78 is 59.4. The van der Waals surface area contributed by atoms with Crippen molar-refractivity contribution in [3.63, 3.8) is 0 Å². The first-order chi connectivity index (χ1) is 13.0. The largest absolute Gasteiger partial charge is 0.328 e. The number of hydrogen-bond donors (Lipinski definition) is 1. The van der Waals surface area contributed by atoms with E-state index < -0.39 is 32.2 Å². The molecule has 2 aromatic rings. The maximum atomic E-state index is 12.3. The van der Waals surface area contributed by atoms with E-state index in [1.807, 2.05) is 13.8 Å². The van der Waals surface area contributed by atoms with Crippen LogP contribution in [0.2, 0.25) is 0 Å². The predicted octanol–water partition coefficient (Wildman–Crippen LogP) is 2.38. The number of nitrogens with two attached hydrogens (primary N) is 1. The van der Waals surface area contributed by atoms with Crippen molar-refractivity contribution in [3.05, 3.63) is 59.7 Å². The molecule has 2 N–H and O–H groups in total. The summed E-state index contributed by atoms with van der Waals surface area (Å²) in [6.07, 6.45) is 0.